The molecule has 1 aliphatic heterocycles. The molecule has 0 unspecified atom stereocenters. The second kappa shape index (κ2) is 2.98. The number of hydrogen-bond donors (Lipinski definition) is 1. The van der Waals surface area contributed by atoms with Crippen molar-refractivity contribution >= 4 is 7.74 Å². The van der Waals surface area contributed by atoms with Crippen molar-refractivity contribution in [2.24, 2.45) is 0 Å². The Morgan fingerprint density at radius 2 is 1.90 bits per heavy atom. The Labute approximate surface area is 67.4 Å². The van der Waals surface area contributed by atoms with Crippen LogP contribution in [0.2, 0.25) is 0 Å². The molecule has 0 spiro atoms. The number of aliphatic hydroxyl groups excluding tert-OH is 1. The molecule has 1 saturated heterocycles. The van der Waals surface area contributed by atoms with E-state index < -0.39 is 14.3 Å². The van der Waals surface area contributed by atoms with E-state index in [-0.39, 0.29) is 23.7 Å². The Morgan fingerprint density at radius 1 is 1.40 bits per heavy atom. The maximum atomic E-state index is 10.3. The normalized spacial score (nSPS) is 29.3. The zero-order valence-electron chi connectivity index (χ0n) is 4.73. The fourth-order valence-corrected chi connectivity index (χ4v) is 1.07. The minimum absolute atomic E-state index is 0. The van der Waals surface area contributed by atoms with Gasteiger partial charge in [0, 0.05) is 0 Å². The summed E-state index contributed by atoms with van der Waals surface area (Å²) in [7, 11) is -5.04. The van der Waals surface area contributed by atoms with E-state index in [1.165, 1.54) is 0 Å². The van der Waals surface area contributed by atoms with Crippen LogP contribution in [0.3, 0.4) is 0 Å². The van der Waals surface area contributed by atoms with Gasteiger partial charge in [-0.3, -0.25) is 0 Å². The van der Waals surface area contributed by atoms with Crippen molar-refractivity contribution in [2.75, 3.05) is 13.2 Å². The summed E-state index contributed by atoms with van der Waals surface area (Å²) in [6.45, 7) is -0.736. The molecule has 0 amide bonds. The Balaban J connectivity index is 0.000000810. The molecule has 0 aromatic rings. The van der Waals surface area contributed by atoms with Gasteiger partial charge in [0.2, 0.25) is 0 Å². The van der Waals surface area contributed by atoms with Crippen molar-refractivity contribution in [3.63, 3.8) is 0 Å². The number of rotatable bonds is 3. The second-order valence-corrected chi connectivity index (χ2v) is 3.50. The van der Waals surface area contributed by atoms with Crippen LogP contribution in [0.25, 0.3) is 0 Å². The van der Waals surface area contributed by atoms with E-state index in [9.17, 15) is 9.79 Å². The van der Waals surface area contributed by atoms with Gasteiger partial charge in [-0.2, -0.15) is 0 Å². The first-order valence-electron chi connectivity index (χ1n) is 2.18. The summed E-state index contributed by atoms with van der Waals surface area (Å²) in [5, 5.41) is 8.08. The average Bonchev–Trinajstić information content (AvgIpc) is 2.41. The molecule has 1 aliphatic rings. The molecule has 1 N–H and O–H groups in total. The molecule has 10 heavy (non-hydrogen) atoms. The summed E-state index contributed by atoms with van der Waals surface area (Å²) in [6, 6.07) is 0. The molecular formula is C2H5MnO6P. The van der Waals surface area contributed by atoms with Crippen LogP contribution < -0.4 is 9.79 Å². The third-order valence-corrected chi connectivity index (χ3v) is 1.77. The van der Waals surface area contributed by atoms with Crippen LogP contribution in [0.4, 0.5) is 0 Å². The van der Waals surface area contributed by atoms with Crippen LogP contribution in [0, 0.1) is 0 Å². The van der Waals surface area contributed by atoms with Crippen molar-refractivity contribution in [1.82, 2.24) is 0 Å². The van der Waals surface area contributed by atoms with Crippen molar-refractivity contribution in [2.45, 2.75) is 0 Å². The summed E-state index contributed by atoms with van der Waals surface area (Å²) in [4.78, 5) is 20.7. The molecule has 0 bridgehead atoms. The van der Waals surface area contributed by atoms with Gasteiger partial charge >= 0.3 is 66.8 Å². The predicted molar refractivity (Wildman–Crippen MR) is 22.1 cm³/mol. The Bertz CT molecular complexity index is 119. The van der Waals surface area contributed by atoms with Crippen molar-refractivity contribution in [3.05, 3.63) is 0 Å². The Kier molecular flexibility index (Phi) is 3.20. The molecule has 0 saturated carbocycles. The quantitative estimate of drug-likeness (QED) is 0.246. The fraction of sp³-hybridized carbons (Fsp3) is 1.00. The van der Waals surface area contributed by atoms with E-state index in [0.29, 0.717) is 0 Å². The monoisotopic (exact) mass is 211 g/mol. The molecule has 1 heterocycles. The van der Waals surface area contributed by atoms with Crippen LogP contribution in [-0.4, -0.2) is 18.3 Å². The van der Waals surface area contributed by atoms with E-state index in [4.69, 9.17) is 5.11 Å². The Morgan fingerprint density at radius 3 is 2.20 bits per heavy atom. The first kappa shape index (κ1) is 10.7. The molecule has 6 nitrogen and oxygen atoms in total. The van der Waals surface area contributed by atoms with Crippen LogP contribution in [-0.2, 0) is 30.9 Å². The fourth-order valence-electron chi connectivity index (χ4n) is 0.274. The number of hydrogen-bond acceptors (Lipinski definition) is 6. The van der Waals surface area contributed by atoms with Crippen LogP contribution in [0.1, 0.15) is 0 Å². The molecule has 1 radical (unpaired) electrons. The van der Waals surface area contributed by atoms with E-state index >= 15 is 0 Å². The molecule has 8 heteroatoms. The van der Waals surface area contributed by atoms with Gasteiger partial charge in [-0.05, 0) is 0 Å². The van der Waals surface area contributed by atoms with E-state index in [1.54, 1.807) is 0 Å². The van der Waals surface area contributed by atoms with Gasteiger partial charge < -0.3 is 0 Å². The average molecular weight is 211 g/mol. The molecule has 0 aromatic heterocycles. The van der Waals surface area contributed by atoms with Gasteiger partial charge in [0.25, 0.3) is 0 Å². The van der Waals surface area contributed by atoms with Crippen molar-refractivity contribution < 1.29 is 45.8 Å². The summed E-state index contributed by atoms with van der Waals surface area (Å²) >= 11 is 0. The third kappa shape index (κ3) is 2.75. The topological polar surface area (TPSA) is 101 Å². The first-order chi connectivity index (χ1) is 4.05. The molecular weight excluding hydrogens is 206 g/mol. The molecule has 1 rings (SSSR count). The van der Waals surface area contributed by atoms with Gasteiger partial charge in [-0.25, -0.2) is 0 Å². The number of aliphatic hydroxyl groups is 1. The zero-order valence-corrected chi connectivity index (χ0v) is 6.80. The van der Waals surface area contributed by atoms with E-state index in [1.807, 2.05) is 0 Å². The minimum atomic E-state index is -5.04. The van der Waals surface area contributed by atoms with Gasteiger partial charge in [-0.15, -0.1) is 0 Å². The summed E-state index contributed by atoms with van der Waals surface area (Å²) in [5.74, 6) is 0. The summed E-state index contributed by atoms with van der Waals surface area (Å²) < 4.78 is 11.1. The summed E-state index contributed by atoms with van der Waals surface area (Å²) in [6.07, 6.45) is 0. The van der Waals surface area contributed by atoms with Gasteiger partial charge in [0.05, 0.1) is 0 Å². The predicted octanol–water partition coefficient (Wildman–Crippen LogP) is -2.20. The molecule has 0 aliphatic carbocycles. The standard InChI is InChI=1S/C2H5O6P.Mn/c3-1-2-6-9(4,5)7-8-9;/h3H,1-2H2;/q-2;+2. The molecule has 1 fully saturated rings. The summed E-state index contributed by atoms with van der Waals surface area (Å²) in [5.41, 5.74) is 0. The zero-order chi connectivity index (χ0) is 6.98. The van der Waals surface area contributed by atoms with Gasteiger partial charge in [0.1, 0.15) is 0 Å². The van der Waals surface area contributed by atoms with Crippen LogP contribution in [0.15, 0.2) is 0 Å². The van der Waals surface area contributed by atoms with Crippen LogP contribution in [0.5, 0.6) is 0 Å². The molecule has 61 valence electrons. The van der Waals surface area contributed by atoms with Crippen LogP contribution >= 0.6 is 7.74 Å². The SMILES string of the molecule is [Mn+2].[O-]P1([O-])(OCCO)OO1. The molecule has 0 atom stereocenters. The first-order valence-corrected chi connectivity index (χ1v) is 4.01. The van der Waals surface area contributed by atoms with Crippen molar-refractivity contribution in [1.29, 1.82) is 0 Å². The van der Waals surface area contributed by atoms with Crippen molar-refractivity contribution in [3.8, 4) is 0 Å². The third-order valence-electron chi connectivity index (χ3n) is 0.651. The molecule has 0 aromatic carbocycles. The second-order valence-electron chi connectivity index (χ2n) is 1.45. The van der Waals surface area contributed by atoms with Gasteiger partial charge in [0.15, 0.2) is 0 Å². The van der Waals surface area contributed by atoms with Gasteiger partial charge in [-0.1, -0.05) is 0 Å². The maximum absolute atomic E-state index is 10.3. The Hall–Kier alpha value is 0.709. The van der Waals surface area contributed by atoms with E-state index in [0.717, 1.165) is 0 Å². The van der Waals surface area contributed by atoms with E-state index in [2.05, 4.69) is 13.9 Å².